The van der Waals surface area contributed by atoms with Crippen LogP contribution in [0.3, 0.4) is 0 Å². The molecule has 0 radical (unpaired) electrons. The molecule has 0 saturated carbocycles. The minimum atomic E-state index is -0.559. The third-order valence-electron chi connectivity index (χ3n) is 4.63. The smallest absolute Gasteiger partial charge is 0.322 e. The molecule has 1 aliphatic heterocycles. The van der Waals surface area contributed by atoms with Crippen LogP contribution in [0.5, 0.6) is 5.88 Å². The van der Waals surface area contributed by atoms with E-state index in [0.717, 1.165) is 0 Å². The number of methoxy groups -OCH3 is 1. The lowest BCUT2D eigenvalue weighted by Gasteiger charge is -2.24. The van der Waals surface area contributed by atoms with Crippen LogP contribution in [0, 0.1) is 0 Å². The van der Waals surface area contributed by atoms with E-state index in [1.54, 1.807) is 43.3 Å². The Balaban J connectivity index is 1.59. The summed E-state index contributed by atoms with van der Waals surface area (Å²) >= 11 is 6.21. The predicted molar refractivity (Wildman–Crippen MR) is 111 cm³/mol. The molecule has 1 aliphatic rings. The zero-order valence-corrected chi connectivity index (χ0v) is 17.1. The first-order valence-corrected chi connectivity index (χ1v) is 9.56. The quantitative estimate of drug-likeness (QED) is 0.699. The van der Waals surface area contributed by atoms with Gasteiger partial charge in [-0.15, -0.1) is 0 Å². The second kappa shape index (κ2) is 9.58. The number of halogens is 1. The first-order valence-electron chi connectivity index (χ1n) is 9.18. The van der Waals surface area contributed by atoms with E-state index in [0.29, 0.717) is 48.5 Å². The van der Waals surface area contributed by atoms with Gasteiger partial charge in [0.05, 0.1) is 29.2 Å². The lowest BCUT2D eigenvalue weighted by atomic mass is 10.2. The summed E-state index contributed by atoms with van der Waals surface area (Å²) in [5.74, 6) is 0.283. The maximum atomic E-state index is 12.8. The number of amides is 3. The summed E-state index contributed by atoms with van der Waals surface area (Å²) in [6, 6.07) is 9.57. The third kappa shape index (κ3) is 4.96. The molecular weight excluding hydrogens is 396 g/mol. The summed E-state index contributed by atoms with van der Waals surface area (Å²) in [7, 11) is 3.19. The minimum Gasteiger partial charge on any atom is -0.475 e. The Morgan fingerprint density at radius 2 is 2.10 bits per heavy atom. The number of ether oxygens (including phenoxy) is 2. The molecule has 1 fully saturated rings. The largest absolute Gasteiger partial charge is 0.475 e. The van der Waals surface area contributed by atoms with Gasteiger partial charge in [-0.2, -0.15) is 0 Å². The van der Waals surface area contributed by atoms with Gasteiger partial charge in [-0.05, 0) is 24.6 Å². The van der Waals surface area contributed by atoms with Crippen molar-refractivity contribution >= 4 is 34.9 Å². The number of nitrogens with zero attached hydrogens (tertiary/aromatic N) is 3. The molecule has 0 spiro atoms. The highest BCUT2D eigenvalue weighted by Gasteiger charge is 2.37. The second-order valence-electron chi connectivity index (χ2n) is 6.51. The van der Waals surface area contributed by atoms with Crippen LogP contribution in [0.1, 0.15) is 6.42 Å². The van der Waals surface area contributed by atoms with Crippen LogP contribution in [-0.2, 0) is 9.53 Å². The normalized spacial score (nSPS) is 16.0. The van der Waals surface area contributed by atoms with Crippen molar-refractivity contribution < 1.29 is 19.1 Å². The maximum absolute atomic E-state index is 12.8. The molecule has 3 amide bonds. The monoisotopic (exact) mass is 418 g/mol. The Morgan fingerprint density at radius 3 is 2.79 bits per heavy atom. The number of aromatic nitrogens is 1. The number of nitrogens with one attached hydrogen (secondary N) is 1. The SMILES string of the molecule is COCCOc1ccc(NC(=O)N(C)[C@H]2CCN(c3ccccc3Cl)C2=O)cn1. The van der Waals surface area contributed by atoms with E-state index in [2.05, 4.69) is 10.3 Å². The van der Waals surface area contributed by atoms with Crippen molar-refractivity contribution in [2.75, 3.05) is 44.1 Å². The number of anilines is 2. The molecule has 8 nitrogen and oxygen atoms in total. The van der Waals surface area contributed by atoms with Gasteiger partial charge >= 0.3 is 6.03 Å². The molecule has 9 heteroatoms. The number of urea groups is 1. The average molecular weight is 419 g/mol. The zero-order valence-electron chi connectivity index (χ0n) is 16.3. The van der Waals surface area contributed by atoms with Crippen LogP contribution in [0.2, 0.25) is 5.02 Å². The Bertz CT molecular complexity index is 862. The van der Waals surface area contributed by atoms with Gasteiger partial charge in [0.1, 0.15) is 12.6 Å². The Labute approximate surface area is 174 Å². The third-order valence-corrected chi connectivity index (χ3v) is 4.95. The van der Waals surface area contributed by atoms with Crippen LogP contribution in [0.25, 0.3) is 0 Å². The molecule has 154 valence electrons. The number of pyridine rings is 1. The van der Waals surface area contributed by atoms with Gasteiger partial charge in [0.15, 0.2) is 0 Å². The van der Waals surface area contributed by atoms with Crippen molar-refractivity contribution in [2.24, 2.45) is 0 Å². The number of rotatable bonds is 7. The highest BCUT2D eigenvalue weighted by Crippen LogP contribution is 2.30. The summed E-state index contributed by atoms with van der Waals surface area (Å²) in [4.78, 5) is 32.6. The number of carbonyl (C=O) groups is 2. The van der Waals surface area contributed by atoms with Crippen molar-refractivity contribution in [2.45, 2.75) is 12.5 Å². The molecular formula is C20H23ClN4O4. The van der Waals surface area contributed by atoms with E-state index in [1.165, 1.54) is 11.1 Å². The van der Waals surface area contributed by atoms with E-state index in [9.17, 15) is 9.59 Å². The molecule has 1 aromatic heterocycles. The molecule has 1 saturated heterocycles. The van der Waals surface area contributed by atoms with Gasteiger partial charge in [-0.1, -0.05) is 23.7 Å². The highest BCUT2D eigenvalue weighted by atomic mass is 35.5. The molecule has 3 rings (SSSR count). The Morgan fingerprint density at radius 1 is 1.31 bits per heavy atom. The lowest BCUT2D eigenvalue weighted by molar-refractivity contribution is -0.120. The second-order valence-corrected chi connectivity index (χ2v) is 6.92. The molecule has 0 bridgehead atoms. The van der Waals surface area contributed by atoms with E-state index >= 15 is 0 Å². The van der Waals surface area contributed by atoms with E-state index in [4.69, 9.17) is 21.1 Å². The molecule has 29 heavy (non-hydrogen) atoms. The summed E-state index contributed by atoms with van der Waals surface area (Å²) in [5.41, 5.74) is 1.16. The fourth-order valence-electron chi connectivity index (χ4n) is 3.06. The van der Waals surface area contributed by atoms with Crippen molar-refractivity contribution in [3.8, 4) is 5.88 Å². The topological polar surface area (TPSA) is 84.0 Å². The van der Waals surface area contributed by atoms with Crippen LogP contribution in [-0.4, -0.2) is 61.8 Å². The van der Waals surface area contributed by atoms with Crippen LogP contribution >= 0.6 is 11.6 Å². The summed E-state index contributed by atoms with van der Waals surface area (Å²) < 4.78 is 10.3. The Kier molecular flexibility index (Phi) is 6.90. The van der Waals surface area contributed by atoms with Crippen molar-refractivity contribution in [3.05, 3.63) is 47.6 Å². The van der Waals surface area contributed by atoms with Gasteiger partial charge in [-0.25, -0.2) is 9.78 Å². The number of hydrogen-bond donors (Lipinski definition) is 1. The summed E-state index contributed by atoms with van der Waals surface area (Å²) in [5, 5.41) is 3.25. The fourth-order valence-corrected chi connectivity index (χ4v) is 3.29. The number of carbonyl (C=O) groups excluding carboxylic acids is 2. The number of likely N-dealkylation sites (N-methyl/N-ethyl adjacent to an activating group) is 1. The molecule has 0 aliphatic carbocycles. The maximum Gasteiger partial charge on any atom is 0.322 e. The first-order chi connectivity index (χ1) is 14.0. The van der Waals surface area contributed by atoms with Crippen molar-refractivity contribution in [1.29, 1.82) is 0 Å². The summed E-state index contributed by atoms with van der Waals surface area (Å²) in [6.45, 7) is 1.36. The molecule has 1 N–H and O–H groups in total. The van der Waals surface area contributed by atoms with Gasteiger partial charge in [0, 0.05) is 26.8 Å². The van der Waals surface area contributed by atoms with Crippen LogP contribution in [0.4, 0.5) is 16.2 Å². The van der Waals surface area contributed by atoms with Crippen LogP contribution < -0.4 is 15.0 Å². The average Bonchev–Trinajstić information content (AvgIpc) is 3.10. The molecule has 2 heterocycles. The highest BCUT2D eigenvalue weighted by molar-refractivity contribution is 6.34. The lowest BCUT2D eigenvalue weighted by Crippen LogP contribution is -2.44. The van der Waals surface area contributed by atoms with E-state index < -0.39 is 6.04 Å². The number of hydrogen-bond acceptors (Lipinski definition) is 5. The van der Waals surface area contributed by atoms with Gasteiger partial charge in [-0.3, -0.25) is 4.79 Å². The van der Waals surface area contributed by atoms with Crippen molar-refractivity contribution in [3.63, 3.8) is 0 Å². The molecule has 1 aromatic carbocycles. The Hall–Kier alpha value is -2.84. The molecule has 1 atom stereocenters. The standard InChI is InChI=1S/C20H23ClN4O4/c1-24(17-9-10-25(19(17)26)16-6-4-3-5-15(16)21)20(27)23-14-7-8-18(22-13-14)29-12-11-28-2/h3-8,13,17H,9-12H2,1-2H3,(H,23,27)/t17-/m0/s1. The van der Waals surface area contributed by atoms with E-state index in [1.807, 2.05) is 12.1 Å². The zero-order chi connectivity index (χ0) is 20.8. The van der Waals surface area contributed by atoms with Gasteiger partial charge < -0.3 is 24.6 Å². The fraction of sp³-hybridized carbons (Fsp3) is 0.350. The molecule has 0 unspecified atom stereocenters. The molecule has 2 aromatic rings. The minimum absolute atomic E-state index is 0.157. The first kappa shape index (κ1) is 20.9. The van der Waals surface area contributed by atoms with Crippen LogP contribution in [0.15, 0.2) is 42.6 Å². The van der Waals surface area contributed by atoms with Crippen molar-refractivity contribution in [1.82, 2.24) is 9.88 Å². The van der Waals surface area contributed by atoms with Gasteiger partial charge in [0.25, 0.3) is 0 Å². The number of para-hydroxylation sites is 1. The number of benzene rings is 1. The summed E-state index contributed by atoms with van der Waals surface area (Å²) in [6.07, 6.45) is 2.03. The van der Waals surface area contributed by atoms with E-state index in [-0.39, 0.29) is 11.9 Å². The predicted octanol–water partition coefficient (Wildman–Crippen LogP) is 3.03. The van der Waals surface area contributed by atoms with Gasteiger partial charge in [0.2, 0.25) is 11.8 Å².